The Hall–Kier alpha value is -0.250. The lowest BCUT2D eigenvalue weighted by atomic mass is 9.73. The van der Waals surface area contributed by atoms with Gasteiger partial charge in [0, 0.05) is 12.1 Å². The van der Waals surface area contributed by atoms with Crippen molar-refractivity contribution in [2.24, 2.45) is 5.41 Å². The summed E-state index contributed by atoms with van der Waals surface area (Å²) >= 11 is 0. The van der Waals surface area contributed by atoms with Crippen molar-refractivity contribution in [1.29, 1.82) is 0 Å². The maximum Gasteiger partial charge on any atom is 0.390 e. The zero-order valence-corrected chi connectivity index (χ0v) is 10.3. The summed E-state index contributed by atoms with van der Waals surface area (Å²) < 4.78 is 36.6. The van der Waals surface area contributed by atoms with Crippen molar-refractivity contribution in [2.45, 2.75) is 71.1 Å². The zero-order valence-electron chi connectivity index (χ0n) is 10.3. The van der Waals surface area contributed by atoms with Crippen LogP contribution in [0.3, 0.4) is 0 Å². The molecule has 0 heterocycles. The number of rotatable bonds is 3. The van der Waals surface area contributed by atoms with Crippen LogP contribution in [0.1, 0.15) is 52.9 Å². The third-order valence-corrected chi connectivity index (χ3v) is 3.53. The van der Waals surface area contributed by atoms with Crippen molar-refractivity contribution in [3.8, 4) is 0 Å². The Bertz CT molecular complexity index is 223. The number of halogens is 3. The van der Waals surface area contributed by atoms with Crippen molar-refractivity contribution in [3.05, 3.63) is 0 Å². The van der Waals surface area contributed by atoms with Gasteiger partial charge in [0.1, 0.15) is 0 Å². The highest BCUT2D eigenvalue weighted by Gasteiger charge is 2.35. The summed E-state index contributed by atoms with van der Waals surface area (Å²) in [5.74, 6) is 0. The minimum Gasteiger partial charge on any atom is -0.311 e. The van der Waals surface area contributed by atoms with Gasteiger partial charge in [-0.3, -0.25) is 0 Å². The lowest BCUT2D eigenvalue weighted by Crippen LogP contribution is -2.48. The van der Waals surface area contributed by atoms with Gasteiger partial charge in [-0.05, 0) is 25.2 Å². The first-order chi connectivity index (χ1) is 7.21. The van der Waals surface area contributed by atoms with Crippen LogP contribution in [0.5, 0.6) is 0 Å². The van der Waals surface area contributed by atoms with E-state index in [1.54, 1.807) is 6.92 Å². The molecule has 1 rings (SSSR count). The predicted octanol–water partition coefficient (Wildman–Crippen LogP) is 3.89. The van der Waals surface area contributed by atoms with Crippen LogP contribution < -0.4 is 5.32 Å². The fourth-order valence-corrected chi connectivity index (χ4v) is 2.55. The van der Waals surface area contributed by atoms with Gasteiger partial charge >= 0.3 is 6.18 Å². The maximum absolute atomic E-state index is 12.2. The van der Waals surface area contributed by atoms with Crippen LogP contribution in [0, 0.1) is 5.41 Å². The fraction of sp³-hybridized carbons (Fsp3) is 1.00. The lowest BCUT2D eigenvalue weighted by Gasteiger charge is -2.40. The molecule has 0 amide bonds. The molecular formula is C12H22F3N. The third kappa shape index (κ3) is 4.32. The molecule has 0 saturated heterocycles. The highest BCUT2D eigenvalue weighted by molar-refractivity contribution is 4.89. The molecule has 96 valence electrons. The summed E-state index contributed by atoms with van der Waals surface area (Å²) in [4.78, 5) is 0. The van der Waals surface area contributed by atoms with E-state index in [0.29, 0.717) is 0 Å². The van der Waals surface area contributed by atoms with Gasteiger partial charge in [0.25, 0.3) is 0 Å². The number of hydrogen-bond acceptors (Lipinski definition) is 1. The van der Waals surface area contributed by atoms with E-state index in [9.17, 15) is 13.2 Å². The molecule has 0 aromatic heterocycles. The maximum atomic E-state index is 12.2. The Labute approximate surface area is 95.8 Å². The van der Waals surface area contributed by atoms with E-state index in [1.165, 1.54) is 6.42 Å². The van der Waals surface area contributed by atoms with Gasteiger partial charge in [0.2, 0.25) is 0 Å². The molecule has 1 saturated carbocycles. The summed E-state index contributed by atoms with van der Waals surface area (Å²) in [6, 6.07) is -0.263. The first kappa shape index (κ1) is 13.8. The largest absolute Gasteiger partial charge is 0.390 e. The molecule has 0 radical (unpaired) electrons. The molecule has 1 aliphatic carbocycles. The minimum atomic E-state index is -4.06. The fourth-order valence-electron chi connectivity index (χ4n) is 2.55. The zero-order chi connectivity index (χ0) is 12.4. The molecular weight excluding hydrogens is 215 g/mol. The van der Waals surface area contributed by atoms with Crippen molar-refractivity contribution < 1.29 is 13.2 Å². The molecule has 0 aliphatic heterocycles. The van der Waals surface area contributed by atoms with Gasteiger partial charge < -0.3 is 5.32 Å². The average molecular weight is 237 g/mol. The summed E-state index contributed by atoms with van der Waals surface area (Å²) in [6.45, 7) is 5.91. The molecule has 1 aliphatic rings. The van der Waals surface area contributed by atoms with Crippen molar-refractivity contribution in [3.63, 3.8) is 0 Å². The van der Waals surface area contributed by atoms with Gasteiger partial charge in [-0.1, -0.05) is 26.7 Å². The molecule has 1 nitrogen and oxygen atoms in total. The highest BCUT2D eigenvalue weighted by atomic mass is 19.4. The SMILES string of the molecule is CC(CC(F)(F)F)NC1CCCCC1(C)C. The van der Waals surface area contributed by atoms with Crippen LogP contribution in [-0.4, -0.2) is 18.3 Å². The summed E-state index contributed by atoms with van der Waals surface area (Å²) in [5.41, 5.74) is 0.123. The lowest BCUT2D eigenvalue weighted by molar-refractivity contribution is -0.140. The number of hydrogen-bond donors (Lipinski definition) is 1. The van der Waals surface area contributed by atoms with Crippen molar-refractivity contribution in [1.82, 2.24) is 5.32 Å². The predicted molar refractivity (Wildman–Crippen MR) is 59.3 cm³/mol. The van der Waals surface area contributed by atoms with Gasteiger partial charge in [0.15, 0.2) is 0 Å². The quantitative estimate of drug-likeness (QED) is 0.785. The molecule has 16 heavy (non-hydrogen) atoms. The van der Waals surface area contributed by atoms with Crippen LogP contribution >= 0.6 is 0 Å². The van der Waals surface area contributed by atoms with Crippen molar-refractivity contribution >= 4 is 0 Å². The molecule has 2 unspecified atom stereocenters. The Balaban J connectivity index is 2.46. The van der Waals surface area contributed by atoms with E-state index in [0.717, 1.165) is 19.3 Å². The van der Waals surface area contributed by atoms with E-state index in [1.807, 2.05) is 0 Å². The van der Waals surface area contributed by atoms with E-state index < -0.39 is 18.6 Å². The molecule has 0 spiro atoms. The molecule has 4 heteroatoms. The van der Waals surface area contributed by atoms with E-state index >= 15 is 0 Å². The number of alkyl halides is 3. The van der Waals surface area contributed by atoms with E-state index in [4.69, 9.17) is 0 Å². The molecule has 0 aromatic rings. The van der Waals surface area contributed by atoms with Crippen LogP contribution in [0.25, 0.3) is 0 Å². The standard InChI is InChI=1S/C12H22F3N/c1-9(8-12(13,14)15)16-10-6-4-5-7-11(10,2)3/h9-10,16H,4-8H2,1-3H3. The second kappa shape index (κ2) is 4.94. The molecule has 2 atom stereocenters. The average Bonchev–Trinajstić information content (AvgIpc) is 2.05. The van der Waals surface area contributed by atoms with E-state index in [2.05, 4.69) is 19.2 Å². The molecule has 0 bridgehead atoms. The van der Waals surface area contributed by atoms with Gasteiger partial charge in [-0.15, -0.1) is 0 Å². The topological polar surface area (TPSA) is 12.0 Å². The second-order valence-corrected chi connectivity index (χ2v) is 5.67. The number of nitrogens with one attached hydrogen (secondary N) is 1. The first-order valence-electron chi connectivity index (χ1n) is 6.03. The Morgan fingerprint density at radius 3 is 2.44 bits per heavy atom. The third-order valence-electron chi connectivity index (χ3n) is 3.53. The molecule has 1 N–H and O–H groups in total. The Morgan fingerprint density at radius 2 is 1.94 bits per heavy atom. The highest BCUT2D eigenvalue weighted by Crippen LogP contribution is 2.36. The Morgan fingerprint density at radius 1 is 1.31 bits per heavy atom. The minimum absolute atomic E-state index is 0.123. The van der Waals surface area contributed by atoms with Crippen LogP contribution in [0.4, 0.5) is 13.2 Å². The van der Waals surface area contributed by atoms with Gasteiger partial charge in [-0.2, -0.15) is 13.2 Å². The van der Waals surface area contributed by atoms with Gasteiger partial charge in [0.05, 0.1) is 6.42 Å². The van der Waals surface area contributed by atoms with E-state index in [-0.39, 0.29) is 11.5 Å². The summed E-state index contributed by atoms with van der Waals surface area (Å²) in [7, 11) is 0. The molecule has 1 fully saturated rings. The van der Waals surface area contributed by atoms with Crippen LogP contribution in [0.15, 0.2) is 0 Å². The summed E-state index contributed by atoms with van der Waals surface area (Å²) in [5, 5.41) is 3.15. The first-order valence-corrected chi connectivity index (χ1v) is 6.03. The van der Waals surface area contributed by atoms with Crippen LogP contribution in [-0.2, 0) is 0 Å². The second-order valence-electron chi connectivity index (χ2n) is 5.67. The van der Waals surface area contributed by atoms with Crippen LogP contribution in [0.2, 0.25) is 0 Å². The molecule has 0 aromatic carbocycles. The van der Waals surface area contributed by atoms with Crippen molar-refractivity contribution in [2.75, 3.05) is 0 Å². The Kier molecular flexibility index (Phi) is 4.27. The monoisotopic (exact) mass is 237 g/mol. The smallest absolute Gasteiger partial charge is 0.311 e. The van der Waals surface area contributed by atoms with Gasteiger partial charge in [-0.25, -0.2) is 0 Å². The summed E-state index contributed by atoms with van der Waals surface area (Å²) in [6.07, 6.45) is -0.387. The normalized spacial score (nSPS) is 27.8.